The molecule has 41 heavy (non-hydrogen) atoms. The molecule has 0 aliphatic rings. The van der Waals surface area contributed by atoms with Crippen LogP contribution in [0.25, 0.3) is 0 Å². The number of benzene rings is 2. The molecule has 3 N–H and O–H groups in total. The fraction of sp³-hybridized carbons (Fsp3) is 0.167. The maximum absolute atomic E-state index is 13.8. The van der Waals surface area contributed by atoms with Crippen molar-refractivity contribution in [2.45, 2.75) is 11.5 Å². The molecule has 0 aliphatic heterocycles. The standard InChI is InChI=1S/C13H14FN3O3S.C7H7ClO2S.C4H4FN3O/c1-16-8-11(14)12(15-13(16)18)17(2)21(19,20)9-10-6-4-3-5-7-10;8-11(9,10)6-7-4-2-1-3-5-7;5-2-1-7-4(9)8-3(2)6/h3-8H,9H2,1-2H3;1-5H,6H2;1H,(H3,6,7,8,9). The van der Waals surface area contributed by atoms with Crippen LogP contribution in [-0.4, -0.2) is 43.4 Å². The highest BCUT2D eigenvalue weighted by molar-refractivity contribution is 8.13. The molecule has 0 unspecified atom stereocenters. The zero-order chi connectivity index (χ0) is 30.8. The monoisotopic (exact) mass is 630 g/mol. The number of halogens is 3. The maximum Gasteiger partial charge on any atom is 0.349 e. The average Bonchev–Trinajstić information content (AvgIpc) is 2.89. The molecule has 0 fully saturated rings. The number of sulfonamides is 1. The van der Waals surface area contributed by atoms with Crippen LogP contribution in [0.2, 0.25) is 0 Å². The Balaban J connectivity index is 0.000000245. The van der Waals surface area contributed by atoms with Gasteiger partial charge in [0.15, 0.2) is 17.5 Å². The summed E-state index contributed by atoms with van der Waals surface area (Å²) in [6.45, 7) is 0. The van der Waals surface area contributed by atoms with Gasteiger partial charge in [-0.1, -0.05) is 60.7 Å². The summed E-state index contributed by atoms with van der Waals surface area (Å²) in [5, 5.41) is 0. The van der Waals surface area contributed by atoms with E-state index in [0.717, 1.165) is 17.0 Å². The molecule has 0 spiro atoms. The van der Waals surface area contributed by atoms with E-state index in [1.54, 1.807) is 54.6 Å². The molecule has 2 heterocycles. The highest BCUT2D eigenvalue weighted by atomic mass is 35.7. The van der Waals surface area contributed by atoms with Crippen molar-refractivity contribution < 1.29 is 25.6 Å². The minimum atomic E-state index is -3.84. The van der Waals surface area contributed by atoms with Crippen molar-refractivity contribution in [1.29, 1.82) is 0 Å². The van der Waals surface area contributed by atoms with Crippen molar-refractivity contribution in [3.8, 4) is 0 Å². The van der Waals surface area contributed by atoms with Crippen LogP contribution in [0.5, 0.6) is 0 Å². The van der Waals surface area contributed by atoms with Crippen molar-refractivity contribution >= 4 is 41.4 Å². The molecule has 0 saturated heterocycles. The maximum atomic E-state index is 13.8. The summed E-state index contributed by atoms with van der Waals surface area (Å²) in [4.78, 5) is 30.2. The molecule has 0 aliphatic carbocycles. The van der Waals surface area contributed by atoms with Gasteiger partial charge >= 0.3 is 11.4 Å². The average molecular weight is 631 g/mol. The summed E-state index contributed by atoms with van der Waals surface area (Å²) < 4.78 is 73.2. The van der Waals surface area contributed by atoms with E-state index in [2.05, 4.69) is 9.97 Å². The van der Waals surface area contributed by atoms with Gasteiger partial charge in [-0.15, -0.1) is 0 Å². The summed E-state index contributed by atoms with van der Waals surface area (Å²) in [7, 11) is 0.303. The van der Waals surface area contributed by atoms with Crippen molar-refractivity contribution in [1.82, 2.24) is 19.5 Å². The first-order valence-corrected chi connectivity index (χ1v) is 15.4. The zero-order valence-corrected chi connectivity index (χ0v) is 24.0. The minimum absolute atomic E-state index is 0.102. The molecule has 0 radical (unpaired) electrons. The molecule has 220 valence electrons. The Morgan fingerprint density at radius 3 is 1.90 bits per heavy atom. The molecule has 0 amide bonds. The van der Waals surface area contributed by atoms with E-state index in [9.17, 15) is 35.2 Å². The second kappa shape index (κ2) is 14.5. The van der Waals surface area contributed by atoms with Crippen molar-refractivity contribution in [3.63, 3.8) is 0 Å². The van der Waals surface area contributed by atoms with Crippen molar-refractivity contribution in [3.05, 3.63) is 117 Å². The van der Waals surface area contributed by atoms with Crippen LogP contribution in [0.3, 0.4) is 0 Å². The molecule has 12 nitrogen and oxygen atoms in total. The molecular weight excluding hydrogens is 606 g/mol. The highest BCUT2D eigenvalue weighted by Gasteiger charge is 2.24. The van der Waals surface area contributed by atoms with Gasteiger partial charge in [-0.25, -0.2) is 35.2 Å². The number of hydrogen-bond acceptors (Lipinski definition) is 9. The predicted octanol–water partition coefficient (Wildman–Crippen LogP) is 2.13. The van der Waals surface area contributed by atoms with E-state index in [4.69, 9.17) is 16.4 Å². The summed E-state index contributed by atoms with van der Waals surface area (Å²) in [5.74, 6) is -2.79. The summed E-state index contributed by atoms with van der Waals surface area (Å²) in [6, 6.07) is 17.3. The molecule has 4 aromatic rings. The van der Waals surface area contributed by atoms with E-state index in [1.807, 2.05) is 11.1 Å². The number of aryl methyl sites for hydroxylation is 1. The van der Waals surface area contributed by atoms with Crippen LogP contribution < -0.4 is 21.4 Å². The third-order valence-electron chi connectivity index (χ3n) is 4.91. The third-order valence-corrected chi connectivity index (χ3v) is 7.62. The van der Waals surface area contributed by atoms with Crippen molar-refractivity contribution in [2.75, 3.05) is 17.1 Å². The topological polar surface area (TPSA) is 178 Å². The lowest BCUT2D eigenvalue weighted by Crippen LogP contribution is -2.33. The van der Waals surface area contributed by atoms with Crippen LogP contribution in [0.1, 0.15) is 11.1 Å². The van der Waals surface area contributed by atoms with Gasteiger partial charge in [0.25, 0.3) is 0 Å². The number of aromatic nitrogens is 4. The number of rotatable bonds is 6. The van der Waals surface area contributed by atoms with Gasteiger partial charge in [0.05, 0.1) is 17.7 Å². The first-order chi connectivity index (χ1) is 19.1. The number of hydrogen-bond donors (Lipinski definition) is 2. The van der Waals surface area contributed by atoms with E-state index in [1.165, 1.54) is 14.1 Å². The van der Waals surface area contributed by atoms with Crippen LogP contribution in [-0.2, 0) is 37.6 Å². The fourth-order valence-electron chi connectivity index (χ4n) is 2.91. The number of anilines is 2. The summed E-state index contributed by atoms with van der Waals surface area (Å²) >= 11 is 0. The minimum Gasteiger partial charge on any atom is -0.383 e. The number of nitrogens with two attached hydrogens (primary N) is 1. The van der Waals surface area contributed by atoms with Crippen LogP contribution in [0, 0.1) is 11.6 Å². The lowest BCUT2D eigenvalue weighted by molar-refractivity contribution is 0.577. The molecule has 2 aromatic carbocycles. The lowest BCUT2D eigenvalue weighted by atomic mass is 10.2. The van der Waals surface area contributed by atoms with Gasteiger partial charge in [0, 0.05) is 31.0 Å². The van der Waals surface area contributed by atoms with Gasteiger partial charge in [0.1, 0.15) is 5.82 Å². The van der Waals surface area contributed by atoms with Gasteiger partial charge in [-0.2, -0.15) is 9.97 Å². The Morgan fingerprint density at radius 2 is 1.44 bits per heavy atom. The zero-order valence-electron chi connectivity index (χ0n) is 21.6. The largest absolute Gasteiger partial charge is 0.383 e. The third kappa shape index (κ3) is 11.1. The Kier molecular flexibility index (Phi) is 11.7. The summed E-state index contributed by atoms with van der Waals surface area (Å²) in [6.07, 6.45) is 1.67. The Hall–Kier alpha value is -4.15. The van der Waals surface area contributed by atoms with Crippen LogP contribution >= 0.6 is 10.7 Å². The van der Waals surface area contributed by atoms with Gasteiger partial charge in [-0.3, -0.25) is 13.9 Å². The number of nitrogens with one attached hydrogen (secondary N) is 1. The quantitative estimate of drug-likeness (QED) is 0.302. The van der Waals surface area contributed by atoms with E-state index >= 15 is 0 Å². The SMILES string of the molecule is CN(c1nc(=O)n(C)cc1F)S(=O)(=O)Cc1ccccc1.Nc1[nH]c(=O)ncc1F.O=S(=O)(Cl)Cc1ccccc1. The molecule has 4 rings (SSSR count). The van der Waals surface area contributed by atoms with Crippen LogP contribution in [0.15, 0.2) is 82.6 Å². The van der Waals surface area contributed by atoms with E-state index in [0.29, 0.717) is 15.4 Å². The molecule has 17 heteroatoms. The molecule has 0 bridgehead atoms. The second-order valence-electron chi connectivity index (χ2n) is 8.13. The van der Waals surface area contributed by atoms with E-state index < -0.39 is 47.9 Å². The predicted molar refractivity (Wildman–Crippen MR) is 151 cm³/mol. The first kappa shape index (κ1) is 33.1. The fourth-order valence-corrected chi connectivity index (χ4v) is 5.07. The Morgan fingerprint density at radius 1 is 0.927 bits per heavy atom. The van der Waals surface area contributed by atoms with Gasteiger partial charge in [-0.05, 0) is 11.1 Å². The van der Waals surface area contributed by atoms with Crippen LogP contribution in [0.4, 0.5) is 20.4 Å². The van der Waals surface area contributed by atoms with Gasteiger partial charge in [0.2, 0.25) is 19.1 Å². The van der Waals surface area contributed by atoms with Gasteiger partial charge < -0.3 is 5.73 Å². The normalized spacial score (nSPS) is 11.0. The molecule has 0 atom stereocenters. The first-order valence-electron chi connectivity index (χ1n) is 11.3. The van der Waals surface area contributed by atoms with Crippen molar-refractivity contribution in [2.24, 2.45) is 7.05 Å². The smallest absolute Gasteiger partial charge is 0.349 e. The number of aromatic amines is 1. The Bertz CT molecular complexity index is 1790. The highest BCUT2D eigenvalue weighted by Crippen LogP contribution is 2.18. The molecular formula is C24H25ClF2N6O6S2. The molecule has 2 aromatic heterocycles. The van der Waals surface area contributed by atoms with E-state index in [-0.39, 0.29) is 17.3 Å². The Labute approximate surface area is 238 Å². The summed E-state index contributed by atoms with van der Waals surface area (Å²) in [5.41, 5.74) is 4.85. The number of nitrogens with zero attached hydrogens (tertiary/aromatic N) is 4. The molecule has 0 saturated carbocycles. The second-order valence-corrected chi connectivity index (χ2v) is 12.9. The number of H-pyrrole nitrogens is 1. The number of nitrogen functional groups attached to an aromatic ring is 1. The lowest BCUT2D eigenvalue weighted by Gasteiger charge is -2.18.